The number of rotatable bonds is 5. The molecule has 3 heterocycles. The molecular weight excluding hydrogens is 376 g/mol. The number of carbonyl (C=O) groups excluding carboxylic acids is 1. The number of methoxy groups -OCH3 is 3. The van der Waals surface area contributed by atoms with Crippen LogP contribution in [0.25, 0.3) is 0 Å². The molecule has 4 rings (SSSR count). The van der Waals surface area contributed by atoms with E-state index in [1.807, 2.05) is 4.90 Å². The van der Waals surface area contributed by atoms with Gasteiger partial charge < -0.3 is 24.4 Å². The van der Waals surface area contributed by atoms with E-state index in [4.69, 9.17) is 14.2 Å². The van der Waals surface area contributed by atoms with E-state index in [1.165, 1.54) is 21.3 Å². The third-order valence-corrected chi connectivity index (χ3v) is 5.45. The van der Waals surface area contributed by atoms with Crippen molar-refractivity contribution in [3.8, 4) is 17.2 Å². The van der Waals surface area contributed by atoms with E-state index >= 15 is 0 Å². The number of benzene rings is 1. The number of aromatic nitrogens is 2. The molecular formula is C20H24N4O5. The maximum atomic E-state index is 13.0. The van der Waals surface area contributed by atoms with Gasteiger partial charge in [0.15, 0.2) is 11.5 Å². The van der Waals surface area contributed by atoms with Crippen LogP contribution in [0.2, 0.25) is 0 Å². The number of ether oxygens (including phenoxy) is 3. The smallest absolute Gasteiger partial charge is 0.258 e. The molecule has 1 atom stereocenters. The molecule has 1 fully saturated rings. The summed E-state index contributed by atoms with van der Waals surface area (Å²) in [7, 11) is 4.57. The molecule has 9 heteroatoms. The van der Waals surface area contributed by atoms with E-state index in [9.17, 15) is 9.59 Å². The van der Waals surface area contributed by atoms with Crippen molar-refractivity contribution in [2.75, 3.05) is 44.6 Å². The number of nitrogens with zero attached hydrogens (tertiary/aromatic N) is 2. The van der Waals surface area contributed by atoms with Crippen LogP contribution in [0.3, 0.4) is 0 Å². The molecule has 0 aliphatic carbocycles. The first-order valence-corrected chi connectivity index (χ1v) is 9.55. The van der Waals surface area contributed by atoms with Gasteiger partial charge in [0, 0.05) is 31.0 Å². The summed E-state index contributed by atoms with van der Waals surface area (Å²) in [5.74, 6) is 1.42. The quantitative estimate of drug-likeness (QED) is 0.789. The fourth-order valence-corrected chi connectivity index (χ4v) is 4.10. The predicted octanol–water partition coefficient (Wildman–Crippen LogP) is 1.87. The number of aromatic amines is 1. The zero-order valence-corrected chi connectivity index (χ0v) is 16.7. The van der Waals surface area contributed by atoms with Gasteiger partial charge in [-0.2, -0.15) is 4.98 Å². The molecule has 2 N–H and O–H groups in total. The number of hydrogen-bond donors (Lipinski definition) is 2. The van der Waals surface area contributed by atoms with Gasteiger partial charge in [-0.05, 0) is 18.9 Å². The highest BCUT2D eigenvalue weighted by atomic mass is 16.5. The Labute approximate surface area is 168 Å². The zero-order valence-electron chi connectivity index (χ0n) is 16.7. The standard InChI is InChI=1S/C20H24N4O5/c1-27-13-7-6-11(16(28-2)17(13)29-3)12-10-14(25)21-18-15(12)19(26)23-20(22-18)24-8-4-5-9-24/h6-7,12H,4-5,8-10H2,1-3H3,(H2,21,22,23,25,26). The molecule has 1 aromatic carbocycles. The molecule has 0 saturated carbocycles. The van der Waals surface area contributed by atoms with Crippen molar-refractivity contribution in [1.82, 2.24) is 9.97 Å². The molecule has 1 unspecified atom stereocenters. The Morgan fingerprint density at radius 1 is 1.03 bits per heavy atom. The first-order valence-electron chi connectivity index (χ1n) is 9.55. The summed E-state index contributed by atoms with van der Waals surface area (Å²) in [4.78, 5) is 35.0. The normalized spacial score (nSPS) is 18.2. The molecule has 1 amide bonds. The Morgan fingerprint density at radius 2 is 1.76 bits per heavy atom. The molecule has 2 aliphatic heterocycles. The Morgan fingerprint density at radius 3 is 2.41 bits per heavy atom. The van der Waals surface area contributed by atoms with E-state index in [0.717, 1.165) is 25.9 Å². The average Bonchev–Trinajstić information content (AvgIpc) is 3.26. The maximum Gasteiger partial charge on any atom is 0.258 e. The lowest BCUT2D eigenvalue weighted by atomic mass is 9.86. The van der Waals surface area contributed by atoms with Gasteiger partial charge in [-0.25, -0.2) is 0 Å². The molecule has 1 aromatic heterocycles. The minimum absolute atomic E-state index is 0.104. The highest BCUT2D eigenvalue weighted by Gasteiger charge is 2.34. The monoisotopic (exact) mass is 400 g/mol. The molecule has 0 radical (unpaired) electrons. The van der Waals surface area contributed by atoms with Gasteiger partial charge in [-0.3, -0.25) is 14.6 Å². The van der Waals surface area contributed by atoms with E-state index in [0.29, 0.717) is 40.1 Å². The summed E-state index contributed by atoms with van der Waals surface area (Å²) < 4.78 is 16.4. The molecule has 1 saturated heterocycles. The highest BCUT2D eigenvalue weighted by Crippen LogP contribution is 2.46. The summed E-state index contributed by atoms with van der Waals surface area (Å²) in [6, 6.07) is 3.53. The van der Waals surface area contributed by atoms with Gasteiger partial charge >= 0.3 is 0 Å². The first-order chi connectivity index (χ1) is 14.1. The number of nitrogens with one attached hydrogen (secondary N) is 2. The number of hydrogen-bond acceptors (Lipinski definition) is 7. The Hall–Kier alpha value is -3.23. The summed E-state index contributed by atoms with van der Waals surface area (Å²) in [5.41, 5.74) is 0.819. The van der Waals surface area contributed by atoms with E-state index < -0.39 is 5.92 Å². The highest BCUT2D eigenvalue weighted by molar-refractivity contribution is 5.94. The number of fused-ring (bicyclic) bond motifs is 1. The summed E-state index contributed by atoms with van der Waals surface area (Å²) in [5, 5.41) is 2.76. The summed E-state index contributed by atoms with van der Waals surface area (Å²) in [6.45, 7) is 1.67. The van der Waals surface area contributed by atoms with Crippen LogP contribution in [0.5, 0.6) is 17.2 Å². The number of H-pyrrole nitrogens is 1. The molecule has 2 aromatic rings. The Balaban J connectivity index is 1.85. The predicted molar refractivity (Wildman–Crippen MR) is 107 cm³/mol. The van der Waals surface area contributed by atoms with Crippen molar-refractivity contribution in [3.05, 3.63) is 33.6 Å². The van der Waals surface area contributed by atoms with E-state index in [1.54, 1.807) is 12.1 Å². The third kappa shape index (κ3) is 3.26. The zero-order chi connectivity index (χ0) is 20.5. The van der Waals surface area contributed by atoms with Crippen LogP contribution < -0.4 is 30.0 Å². The van der Waals surface area contributed by atoms with Crippen molar-refractivity contribution in [3.63, 3.8) is 0 Å². The minimum Gasteiger partial charge on any atom is -0.493 e. The van der Waals surface area contributed by atoms with Gasteiger partial charge in [0.25, 0.3) is 5.56 Å². The van der Waals surface area contributed by atoms with Crippen molar-refractivity contribution in [2.45, 2.75) is 25.2 Å². The Bertz CT molecular complexity index is 997. The number of amides is 1. The van der Waals surface area contributed by atoms with Gasteiger partial charge in [-0.1, -0.05) is 6.07 Å². The maximum absolute atomic E-state index is 13.0. The second-order valence-electron chi connectivity index (χ2n) is 7.07. The van der Waals surface area contributed by atoms with Crippen molar-refractivity contribution in [2.24, 2.45) is 0 Å². The van der Waals surface area contributed by atoms with Gasteiger partial charge in [0.05, 0.1) is 26.9 Å². The topological polar surface area (TPSA) is 106 Å². The average molecular weight is 400 g/mol. The second kappa shape index (κ2) is 7.65. The minimum atomic E-state index is -0.516. The fraction of sp³-hybridized carbons (Fsp3) is 0.450. The summed E-state index contributed by atoms with van der Waals surface area (Å²) >= 11 is 0. The lowest BCUT2D eigenvalue weighted by Crippen LogP contribution is -2.33. The second-order valence-corrected chi connectivity index (χ2v) is 7.07. The van der Waals surface area contributed by atoms with Crippen LogP contribution in [0.1, 0.15) is 36.3 Å². The van der Waals surface area contributed by atoms with Crippen molar-refractivity contribution >= 4 is 17.7 Å². The first kappa shape index (κ1) is 19.1. The number of anilines is 2. The molecule has 9 nitrogen and oxygen atoms in total. The molecule has 29 heavy (non-hydrogen) atoms. The van der Waals surface area contributed by atoms with Crippen molar-refractivity contribution < 1.29 is 19.0 Å². The molecule has 2 aliphatic rings. The lowest BCUT2D eigenvalue weighted by Gasteiger charge is -2.27. The fourth-order valence-electron chi connectivity index (χ4n) is 4.10. The van der Waals surface area contributed by atoms with Crippen LogP contribution in [0, 0.1) is 0 Å². The van der Waals surface area contributed by atoms with Gasteiger partial charge in [0.1, 0.15) is 5.82 Å². The van der Waals surface area contributed by atoms with Gasteiger partial charge in [0.2, 0.25) is 17.6 Å². The van der Waals surface area contributed by atoms with Crippen LogP contribution in [0.4, 0.5) is 11.8 Å². The lowest BCUT2D eigenvalue weighted by molar-refractivity contribution is -0.116. The van der Waals surface area contributed by atoms with E-state index in [2.05, 4.69) is 15.3 Å². The largest absolute Gasteiger partial charge is 0.493 e. The van der Waals surface area contributed by atoms with Crippen LogP contribution in [0.15, 0.2) is 16.9 Å². The van der Waals surface area contributed by atoms with Gasteiger partial charge in [-0.15, -0.1) is 0 Å². The Kier molecular flexibility index (Phi) is 5.04. The van der Waals surface area contributed by atoms with E-state index in [-0.39, 0.29) is 17.9 Å². The third-order valence-electron chi connectivity index (χ3n) is 5.45. The molecule has 0 spiro atoms. The van der Waals surface area contributed by atoms with Crippen molar-refractivity contribution in [1.29, 1.82) is 0 Å². The van der Waals surface area contributed by atoms with Crippen LogP contribution >= 0.6 is 0 Å². The van der Waals surface area contributed by atoms with Crippen LogP contribution in [-0.2, 0) is 4.79 Å². The number of carbonyl (C=O) groups is 1. The summed E-state index contributed by atoms with van der Waals surface area (Å²) in [6.07, 6.45) is 2.21. The molecule has 154 valence electrons. The SMILES string of the molecule is COc1ccc(C2CC(=O)Nc3nc(N4CCCC4)[nH]c(=O)c32)c(OC)c1OC. The molecule has 0 bridgehead atoms. The van der Waals surface area contributed by atoms with Crippen LogP contribution in [-0.4, -0.2) is 50.3 Å².